The second-order valence-corrected chi connectivity index (χ2v) is 2.34. The van der Waals surface area contributed by atoms with Crippen molar-refractivity contribution in [2.24, 2.45) is 0 Å². The van der Waals surface area contributed by atoms with Crippen LogP contribution in [0, 0.1) is 6.92 Å². The standard InChI is InChI=1S/C8H9NO3.Na.H/c1-5-3-6(8(10)11)4-7(9-5)12-2;;/h3-4H,1-2H3,(H,10,11);;. The summed E-state index contributed by atoms with van der Waals surface area (Å²) in [5.74, 6) is -0.647. The zero-order valence-corrected chi connectivity index (χ0v) is 6.87. The van der Waals surface area contributed by atoms with E-state index in [2.05, 4.69) is 4.98 Å². The van der Waals surface area contributed by atoms with Crippen LogP contribution < -0.4 is 4.74 Å². The molecule has 0 radical (unpaired) electrons. The van der Waals surface area contributed by atoms with Crippen LogP contribution in [-0.4, -0.2) is 52.7 Å². The molecule has 0 aliphatic heterocycles. The van der Waals surface area contributed by atoms with E-state index in [0.29, 0.717) is 11.6 Å². The van der Waals surface area contributed by atoms with Gasteiger partial charge in [-0.3, -0.25) is 0 Å². The Morgan fingerprint density at radius 3 is 2.62 bits per heavy atom. The number of ether oxygens (including phenoxy) is 1. The molecule has 1 N–H and O–H groups in total. The summed E-state index contributed by atoms with van der Waals surface area (Å²) in [6.07, 6.45) is 0. The van der Waals surface area contributed by atoms with Crippen molar-refractivity contribution in [3.63, 3.8) is 0 Å². The molecule has 5 heteroatoms. The molecule has 0 atom stereocenters. The molecule has 1 aromatic heterocycles. The van der Waals surface area contributed by atoms with Crippen molar-refractivity contribution < 1.29 is 14.6 Å². The van der Waals surface area contributed by atoms with E-state index in [1.807, 2.05) is 0 Å². The molecule has 0 aliphatic carbocycles. The van der Waals surface area contributed by atoms with Gasteiger partial charge < -0.3 is 9.84 Å². The number of hydrogen-bond donors (Lipinski definition) is 1. The summed E-state index contributed by atoms with van der Waals surface area (Å²) in [5.41, 5.74) is 0.825. The van der Waals surface area contributed by atoms with Crippen LogP contribution in [0.3, 0.4) is 0 Å². The van der Waals surface area contributed by atoms with Crippen LogP contribution in [0.1, 0.15) is 16.1 Å². The van der Waals surface area contributed by atoms with Crippen LogP contribution in [0.2, 0.25) is 0 Å². The van der Waals surface area contributed by atoms with Crippen molar-refractivity contribution in [3.05, 3.63) is 23.4 Å². The van der Waals surface area contributed by atoms with E-state index in [4.69, 9.17) is 9.84 Å². The van der Waals surface area contributed by atoms with E-state index in [1.165, 1.54) is 19.2 Å². The number of aromatic carboxylic acids is 1. The Balaban J connectivity index is 0.00000144. The third-order valence-corrected chi connectivity index (χ3v) is 1.39. The summed E-state index contributed by atoms with van der Waals surface area (Å²) in [6.45, 7) is 1.72. The molecule has 4 nitrogen and oxygen atoms in total. The molecule has 13 heavy (non-hydrogen) atoms. The normalized spacial score (nSPS) is 8.77. The Morgan fingerprint density at radius 1 is 1.54 bits per heavy atom. The van der Waals surface area contributed by atoms with Gasteiger partial charge in [-0.2, -0.15) is 0 Å². The summed E-state index contributed by atoms with van der Waals surface area (Å²) >= 11 is 0. The van der Waals surface area contributed by atoms with E-state index in [0.717, 1.165) is 0 Å². The van der Waals surface area contributed by atoms with Gasteiger partial charge in [-0.1, -0.05) is 0 Å². The SMILES string of the molecule is COc1cc(C(=O)O)cc(C)n1.[NaH]. The molecule has 0 saturated heterocycles. The number of hydrogen-bond acceptors (Lipinski definition) is 3. The van der Waals surface area contributed by atoms with Crippen molar-refractivity contribution in [2.75, 3.05) is 7.11 Å². The van der Waals surface area contributed by atoms with Gasteiger partial charge in [0.05, 0.1) is 12.7 Å². The average Bonchev–Trinajstić information content (AvgIpc) is 2.03. The monoisotopic (exact) mass is 191 g/mol. The van der Waals surface area contributed by atoms with Gasteiger partial charge in [-0.15, -0.1) is 0 Å². The number of carboxylic acids is 1. The molecule has 1 rings (SSSR count). The second-order valence-electron chi connectivity index (χ2n) is 2.34. The molecule has 0 aromatic carbocycles. The van der Waals surface area contributed by atoms with Gasteiger partial charge in [0.25, 0.3) is 0 Å². The summed E-state index contributed by atoms with van der Waals surface area (Å²) in [6, 6.07) is 2.88. The molecule has 0 aliphatic rings. The molecule has 1 aromatic rings. The van der Waals surface area contributed by atoms with Gasteiger partial charge in [-0.05, 0) is 13.0 Å². The number of aryl methyl sites for hydroxylation is 1. The zero-order valence-electron chi connectivity index (χ0n) is 6.87. The first-order valence-corrected chi connectivity index (χ1v) is 3.39. The zero-order chi connectivity index (χ0) is 9.14. The summed E-state index contributed by atoms with van der Waals surface area (Å²) in [7, 11) is 1.45. The molecule has 1 heterocycles. The fourth-order valence-electron chi connectivity index (χ4n) is 0.866. The van der Waals surface area contributed by atoms with E-state index >= 15 is 0 Å². The Kier molecular flexibility index (Phi) is 4.98. The topological polar surface area (TPSA) is 59.4 Å². The molecule has 66 valence electrons. The predicted octanol–water partition coefficient (Wildman–Crippen LogP) is 0.448. The van der Waals surface area contributed by atoms with E-state index in [-0.39, 0.29) is 35.1 Å². The predicted molar refractivity (Wildman–Crippen MR) is 49.6 cm³/mol. The molecule has 0 spiro atoms. The molecular formula is C8H10NNaO3. The number of carbonyl (C=O) groups is 1. The average molecular weight is 191 g/mol. The summed E-state index contributed by atoms with van der Waals surface area (Å²) < 4.78 is 4.81. The maximum absolute atomic E-state index is 10.5. The third kappa shape index (κ3) is 3.34. The molecular weight excluding hydrogens is 181 g/mol. The van der Waals surface area contributed by atoms with Gasteiger partial charge in [0.15, 0.2) is 0 Å². The Bertz CT molecular complexity index is 314. The van der Waals surface area contributed by atoms with Crippen molar-refractivity contribution in [1.82, 2.24) is 4.98 Å². The van der Waals surface area contributed by atoms with Gasteiger partial charge in [-0.25, -0.2) is 9.78 Å². The molecule has 0 amide bonds. The van der Waals surface area contributed by atoms with E-state index < -0.39 is 5.97 Å². The van der Waals surface area contributed by atoms with Crippen LogP contribution in [0.4, 0.5) is 0 Å². The van der Waals surface area contributed by atoms with Crippen LogP contribution in [0.15, 0.2) is 12.1 Å². The molecule has 0 unspecified atom stereocenters. The van der Waals surface area contributed by atoms with Crippen molar-refractivity contribution in [1.29, 1.82) is 0 Å². The van der Waals surface area contributed by atoms with Crippen LogP contribution in [0.25, 0.3) is 0 Å². The first-order valence-electron chi connectivity index (χ1n) is 3.39. The number of aromatic nitrogens is 1. The van der Waals surface area contributed by atoms with Crippen molar-refractivity contribution >= 4 is 35.5 Å². The number of pyridine rings is 1. The minimum absolute atomic E-state index is 0. The van der Waals surface area contributed by atoms with Gasteiger partial charge in [0.2, 0.25) is 5.88 Å². The number of carboxylic acid groups (broad SMARTS) is 1. The summed E-state index contributed by atoms with van der Waals surface area (Å²) in [4.78, 5) is 14.5. The summed E-state index contributed by atoms with van der Waals surface area (Å²) in [5, 5.41) is 8.65. The van der Waals surface area contributed by atoms with Crippen LogP contribution in [-0.2, 0) is 0 Å². The van der Waals surface area contributed by atoms with Gasteiger partial charge in [0.1, 0.15) is 0 Å². The number of nitrogens with zero attached hydrogens (tertiary/aromatic N) is 1. The molecule has 0 saturated carbocycles. The van der Waals surface area contributed by atoms with E-state index in [1.54, 1.807) is 6.92 Å². The maximum atomic E-state index is 10.5. The van der Waals surface area contributed by atoms with E-state index in [9.17, 15) is 4.79 Å². The number of rotatable bonds is 2. The van der Waals surface area contributed by atoms with Crippen molar-refractivity contribution in [2.45, 2.75) is 6.92 Å². The fourth-order valence-corrected chi connectivity index (χ4v) is 0.866. The third-order valence-electron chi connectivity index (χ3n) is 1.39. The van der Waals surface area contributed by atoms with Gasteiger partial charge in [0, 0.05) is 11.8 Å². The molecule has 0 bridgehead atoms. The number of methoxy groups -OCH3 is 1. The quantitative estimate of drug-likeness (QED) is 0.689. The molecule has 0 fully saturated rings. The van der Waals surface area contributed by atoms with Gasteiger partial charge >= 0.3 is 35.5 Å². The fraction of sp³-hybridized carbons (Fsp3) is 0.250. The Morgan fingerprint density at radius 2 is 2.15 bits per heavy atom. The minimum atomic E-state index is -0.973. The van der Waals surface area contributed by atoms with Crippen LogP contribution >= 0.6 is 0 Å². The van der Waals surface area contributed by atoms with Crippen LogP contribution in [0.5, 0.6) is 5.88 Å². The first kappa shape index (κ1) is 12.4. The first-order chi connectivity index (χ1) is 5.63. The van der Waals surface area contributed by atoms with Crippen molar-refractivity contribution in [3.8, 4) is 5.88 Å². The Labute approximate surface area is 98.2 Å². The second kappa shape index (κ2) is 5.21. The Hall–Kier alpha value is -0.580.